The molecular formula is C18H28N6O2. The smallest absolute Gasteiger partial charge is 0.271 e. The molecule has 0 aromatic carbocycles. The fourth-order valence-corrected chi connectivity index (χ4v) is 4.49. The van der Waals surface area contributed by atoms with Crippen LogP contribution in [0.5, 0.6) is 0 Å². The number of carbonyl (C=O) groups excluding carboxylic acids is 2. The highest BCUT2D eigenvalue weighted by Crippen LogP contribution is 2.38. The Balaban J connectivity index is 1.40. The number of nitrogens with zero attached hydrogens (tertiary/aromatic N) is 4. The van der Waals surface area contributed by atoms with Crippen molar-refractivity contribution in [2.75, 3.05) is 31.9 Å². The predicted octanol–water partition coefficient (Wildman–Crippen LogP) is 0.602. The average Bonchev–Trinajstić information content (AvgIpc) is 3.16. The van der Waals surface area contributed by atoms with Crippen molar-refractivity contribution in [3.05, 3.63) is 12.0 Å². The lowest BCUT2D eigenvalue weighted by Gasteiger charge is -2.37. The first-order valence-corrected chi connectivity index (χ1v) is 9.71. The number of nitrogens with two attached hydrogens (primary N) is 2. The van der Waals surface area contributed by atoms with Gasteiger partial charge in [-0.3, -0.25) is 14.5 Å². The number of likely N-dealkylation sites (tertiary alicyclic amines) is 2. The Labute approximate surface area is 153 Å². The van der Waals surface area contributed by atoms with Gasteiger partial charge in [-0.1, -0.05) is 0 Å². The third kappa shape index (κ3) is 3.18. The molecule has 2 amide bonds. The molecular weight excluding hydrogens is 332 g/mol. The summed E-state index contributed by atoms with van der Waals surface area (Å²) in [4.78, 5) is 33.0. The number of carbonyl (C=O) groups is 2. The van der Waals surface area contributed by atoms with E-state index < -0.39 is 5.91 Å². The summed E-state index contributed by atoms with van der Waals surface area (Å²) >= 11 is 0. The molecule has 3 fully saturated rings. The van der Waals surface area contributed by atoms with Crippen LogP contribution in [0.1, 0.15) is 55.1 Å². The van der Waals surface area contributed by atoms with Gasteiger partial charge in [0.2, 0.25) is 5.91 Å². The van der Waals surface area contributed by atoms with Crippen molar-refractivity contribution < 1.29 is 9.59 Å². The van der Waals surface area contributed by atoms with Gasteiger partial charge in [0.15, 0.2) is 5.69 Å². The Bertz CT molecular complexity index is 684. The molecule has 2 saturated heterocycles. The van der Waals surface area contributed by atoms with Gasteiger partial charge in [-0.2, -0.15) is 0 Å². The maximum atomic E-state index is 13.1. The second kappa shape index (κ2) is 6.90. The maximum absolute atomic E-state index is 13.1. The lowest BCUT2D eigenvalue weighted by Crippen LogP contribution is -2.51. The van der Waals surface area contributed by atoms with Crippen molar-refractivity contribution in [3.63, 3.8) is 0 Å². The zero-order valence-electron chi connectivity index (χ0n) is 15.1. The van der Waals surface area contributed by atoms with Crippen molar-refractivity contribution in [1.29, 1.82) is 0 Å². The third-order valence-corrected chi connectivity index (χ3v) is 6.09. The summed E-state index contributed by atoms with van der Waals surface area (Å²) in [7, 11) is 0. The molecule has 1 atom stereocenters. The zero-order valence-corrected chi connectivity index (χ0v) is 15.1. The minimum absolute atomic E-state index is 0.0915. The fourth-order valence-electron chi connectivity index (χ4n) is 4.49. The summed E-state index contributed by atoms with van der Waals surface area (Å²) in [6.45, 7) is 3.57. The van der Waals surface area contributed by atoms with Crippen LogP contribution in [0.15, 0.2) is 6.33 Å². The summed E-state index contributed by atoms with van der Waals surface area (Å²) in [5.41, 5.74) is 11.4. The molecule has 1 aliphatic carbocycles. The largest absolute Gasteiger partial charge is 0.383 e. The van der Waals surface area contributed by atoms with E-state index in [9.17, 15) is 9.59 Å². The average molecular weight is 360 g/mol. The quantitative estimate of drug-likeness (QED) is 0.799. The third-order valence-electron chi connectivity index (χ3n) is 6.09. The summed E-state index contributed by atoms with van der Waals surface area (Å²) < 4.78 is 1.83. The van der Waals surface area contributed by atoms with Gasteiger partial charge in [0.05, 0.1) is 12.4 Å². The van der Waals surface area contributed by atoms with Crippen LogP contribution in [0, 0.1) is 5.92 Å². The number of nitrogen functional groups attached to an aromatic ring is 1. The molecule has 4 rings (SSSR count). The molecule has 8 nitrogen and oxygen atoms in total. The Morgan fingerprint density at radius 2 is 1.73 bits per heavy atom. The van der Waals surface area contributed by atoms with Crippen molar-refractivity contribution >= 4 is 17.6 Å². The van der Waals surface area contributed by atoms with E-state index in [-0.39, 0.29) is 17.8 Å². The van der Waals surface area contributed by atoms with E-state index in [0.717, 1.165) is 39.0 Å². The summed E-state index contributed by atoms with van der Waals surface area (Å²) in [5, 5.41) is 0. The summed E-state index contributed by atoms with van der Waals surface area (Å²) in [5.74, 6) is 0.590. The van der Waals surface area contributed by atoms with E-state index in [1.165, 1.54) is 25.7 Å². The Morgan fingerprint density at radius 3 is 2.27 bits per heavy atom. The van der Waals surface area contributed by atoms with Gasteiger partial charge in [-0.05, 0) is 57.5 Å². The lowest BCUT2D eigenvalue weighted by molar-refractivity contribution is -0.138. The molecule has 0 radical (unpaired) electrons. The highest BCUT2D eigenvalue weighted by atomic mass is 16.2. The molecule has 8 heteroatoms. The van der Waals surface area contributed by atoms with E-state index in [2.05, 4.69) is 9.88 Å². The predicted molar refractivity (Wildman–Crippen MR) is 97.3 cm³/mol. The molecule has 3 heterocycles. The number of primary amides is 1. The van der Waals surface area contributed by atoms with Crippen molar-refractivity contribution in [3.8, 4) is 0 Å². The number of hydrogen-bond acceptors (Lipinski definition) is 5. The van der Waals surface area contributed by atoms with Crippen LogP contribution in [0.2, 0.25) is 0 Å². The van der Waals surface area contributed by atoms with E-state index in [1.807, 2.05) is 9.47 Å². The Morgan fingerprint density at radius 1 is 1.08 bits per heavy atom. The zero-order chi connectivity index (χ0) is 18.3. The Kier molecular flexibility index (Phi) is 4.60. The molecule has 4 N–H and O–H groups in total. The highest BCUT2D eigenvalue weighted by Gasteiger charge is 2.43. The number of anilines is 1. The normalized spacial score (nSPS) is 23.3. The number of piperidine rings is 1. The van der Waals surface area contributed by atoms with E-state index in [0.29, 0.717) is 17.6 Å². The second-order valence-electron chi connectivity index (χ2n) is 7.83. The minimum atomic E-state index is -0.605. The van der Waals surface area contributed by atoms with Gasteiger partial charge in [-0.15, -0.1) is 0 Å². The van der Waals surface area contributed by atoms with Gasteiger partial charge in [0.1, 0.15) is 5.82 Å². The molecule has 1 aromatic heterocycles. The van der Waals surface area contributed by atoms with Crippen LogP contribution < -0.4 is 11.5 Å². The van der Waals surface area contributed by atoms with Gasteiger partial charge < -0.3 is 20.9 Å². The first-order chi connectivity index (χ1) is 12.6. The van der Waals surface area contributed by atoms with Crippen LogP contribution in [-0.2, 0) is 4.79 Å². The van der Waals surface area contributed by atoms with Crippen molar-refractivity contribution in [2.24, 2.45) is 11.7 Å². The van der Waals surface area contributed by atoms with E-state index in [4.69, 9.17) is 11.5 Å². The lowest BCUT2D eigenvalue weighted by atomic mass is 10.0. The molecule has 0 bridgehead atoms. The van der Waals surface area contributed by atoms with Crippen LogP contribution >= 0.6 is 0 Å². The number of aromatic nitrogens is 2. The summed E-state index contributed by atoms with van der Waals surface area (Å²) in [6.07, 6.45) is 8.02. The highest BCUT2D eigenvalue weighted by molar-refractivity contribution is 5.95. The molecule has 1 aromatic rings. The second-order valence-corrected chi connectivity index (χ2v) is 7.83. The van der Waals surface area contributed by atoms with E-state index in [1.54, 1.807) is 6.33 Å². The van der Waals surface area contributed by atoms with Crippen LogP contribution in [0.4, 0.5) is 5.82 Å². The van der Waals surface area contributed by atoms with Crippen molar-refractivity contribution in [2.45, 2.75) is 50.6 Å². The summed E-state index contributed by atoms with van der Waals surface area (Å²) in [6, 6.07) is 0.250. The van der Waals surface area contributed by atoms with Crippen LogP contribution in [0.3, 0.4) is 0 Å². The van der Waals surface area contributed by atoms with E-state index >= 15 is 0 Å². The Hall–Kier alpha value is -2.09. The minimum Gasteiger partial charge on any atom is -0.383 e. The van der Waals surface area contributed by atoms with Gasteiger partial charge in [0, 0.05) is 19.1 Å². The molecule has 0 spiro atoms. The van der Waals surface area contributed by atoms with Crippen LogP contribution in [0.25, 0.3) is 0 Å². The number of imidazole rings is 1. The SMILES string of the molecule is NC(=O)c1ncn(C2CCN(C(=O)C(C3CC3)N3CCCC3)CC2)c1N. The van der Waals surface area contributed by atoms with Gasteiger partial charge in [-0.25, -0.2) is 4.98 Å². The van der Waals surface area contributed by atoms with Crippen molar-refractivity contribution in [1.82, 2.24) is 19.4 Å². The van der Waals surface area contributed by atoms with Gasteiger partial charge >= 0.3 is 0 Å². The molecule has 3 aliphatic rings. The monoisotopic (exact) mass is 360 g/mol. The first kappa shape index (κ1) is 17.3. The molecule has 2 aliphatic heterocycles. The van der Waals surface area contributed by atoms with Gasteiger partial charge in [0.25, 0.3) is 5.91 Å². The van der Waals surface area contributed by atoms with Crippen LogP contribution in [-0.4, -0.2) is 63.4 Å². The topological polar surface area (TPSA) is 110 Å². The first-order valence-electron chi connectivity index (χ1n) is 9.71. The number of hydrogen-bond donors (Lipinski definition) is 2. The maximum Gasteiger partial charge on any atom is 0.271 e. The number of rotatable bonds is 5. The molecule has 26 heavy (non-hydrogen) atoms. The molecule has 142 valence electrons. The standard InChI is InChI=1S/C18H28N6O2/c19-16-14(17(20)25)21-11-24(16)13-5-9-23(10-6-13)18(26)15(12-3-4-12)22-7-1-2-8-22/h11-13,15H,1-10,19H2,(H2,20,25). The molecule has 1 unspecified atom stereocenters. The molecule has 1 saturated carbocycles. The fraction of sp³-hybridized carbons (Fsp3) is 0.722. The number of amides is 2.